The van der Waals surface area contributed by atoms with E-state index in [9.17, 15) is 4.79 Å². The highest BCUT2D eigenvalue weighted by atomic mass is 16.1. The van der Waals surface area contributed by atoms with Gasteiger partial charge in [0.05, 0.1) is 10.9 Å². The van der Waals surface area contributed by atoms with Gasteiger partial charge in [-0.2, -0.15) is 4.98 Å². The lowest BCUT2D eigenvalue weighted by Crippen LogP contribution is -2.28. The lowest BCUT2D eigenvalue weighted by molar-refractivity contribution is 0.416. The van der Waals surface area contributed by atoms with Gasteiger partial charge in [0, 0.05) is 50.4 Å². The Bertz CT molecular complexity index is 1420. The first-order valence-corrected chi connectivity index (χ1v) is 11.3. The number of rotatable bonds is 8. The molecule has 0 atom stereocenters. The predicted molar refractivity (Wildman–Crippen MR) is 144 cm³/mol. The zero-order valence-electron chi connectivity index (χ0n) is 20.4. The predicted octanol–water partition coefficient (Wildman–Crippen LogP) is 3.79. The van der Waals surface area contributed by atoms with Gasteiger partial charge in [0.1, 0.15) is 11.3 Å². The van der Waals surface area contributed by atoms with Crippen molar-refractivity contribution in [1.82, 2.24) is 19.4 Å². The summed E-state index contributed by atoms with van der Waals surface area (Å²) in [5, 5.41) is 7.00. The highest BCUT2D eigenvalue weighted by Crippen LogP contribution is 2.25. The average molecular weight is 468 g/mol. The number of nitrogens with one attached hydrogen (secondary N) is 2. The standard InChI is InChI=1S/C27H29N7O/c1-6-22-23-18-28-27(30-20-12-14-21(15-13-20)33(4)17-16-32(2)3)31-25(23)34(5)26(35)24(22)29-19-10-8-7-9-11-19/h1,7-15,18,29H,16-17H2,2-5H3,(H,28,30,31). The van der Waals surface area contributed by atoms with Crippen LogP contribution in [-0.4, -0.2) is 53.7 Å². The van der Waals surface area contributed by atoms with Crippen molar-refractivity contribution in [2.75, 3.05) is 49.8 Å². The number of para-hydroxylation sites is 1. The van der Waals surface area contributed by atoms with Crippen LogP contribution in [0.3, 0.4) is 0 Å². The molecular formula is C27H29N7O. The number of pyridine rings is 1. The van der Waals surface area contributed by atoms with Gasteiger partial charge in [-0.05, 0) is 50.5 Å². The number of fused-ring (bicyclic) bond motifs is 1. The molecule has 0 aliphatic rings. The van der Waals surface area contributed by atoms with Crippen molar-refractivity contribution in [1.29, 1.82) is 0 Å². The molecule has 0 unspecified atom stereocenters. The fraction of sp³-hybridized carbons (Fsp3) is 0.222. The van der Waals surface area contributed by atoms with E-state index < -0.39 is 0 Å². The molecule has 0 saturated heterocycles. The lowest BCUT2D eigenvalue weighted by Gasteiger charge is -2.21. The number of hydrogen-bond donors (Lipinski definition) is 2. The van der Waals surface area contributed by atoms with Gasteiger partial charge in [-0.15, -0.1) is 6.42 Å². The summed E-state index contributed by atoms with van der Waals surface area (Å²) < 4.78 is 1.48. The first kappa shape index (κ1) is 23.8. The zero-order valence-corrected chi connectivity index (χ0v) is 20.4. The number of likely N-dealkylation sites (N-methyl/N-ethyl adjacent to an activating group) is 2. The number of aryl methyl sites for hydroxylation is 1. The largest absolute Gasteiger partial charge is 0.373 e. The van der Waals surface area contributed by atoms with E-state index in [2.05, 4.69) is 57.5 Å². The number of anilines is 5. The molecule has 4 rings (SSSR count). The van der Waals surface area contributed by atoms with Crippen LogP contribution in [0.4, 0.5) is 28.7 Å². The molecule has 0 radical (unpaired) electrons. The minimum atomic E-state index is -0.260. The minimum Gasteiger partial charge on any atom is -0.373 e. The number of hydrogen-bond acceptors (Lipinski definition) is 7. The molecule has 4 aromatic rings. The van der Waals surface area contributed by atoms with E-state index in [1.165, 1.54) is 4.57 Å². The summed E-state index contributed by atoms with van der Waals surface area (Å²) in [6.07, 6.45) is 7.46. The SMILES string of the molecule is C#Cc1c(Nc2ccccc2)c(=O)n(C)c2nc(Nc3ccc(N(C)CCN(C)C)cc3)ncc12. The van der Waals surface area contributed by atoms with Crippen LogP contribution in [0.1, 0.15) is 5.56 Å². The van der Waals surface area contributed by atoms with Gasteiger partial charge in [-0.1, -0.05) is 24.1 Å². The van der Waals surface area contributed by atoms with E-state index in [1.54, 1.807) is 13.2 Å². The summed E-state index contributed by atoms with van der Waals surface area (Å²) in [6.45, 7) is 1.91. The molecule has 0 bridgehead atoms. The highest BCUT2D eigenvalue weighted by molar-refractivity contribution is 5.89. The zero-order chi connectivity index (χ0) is 24.9. The van der Waals surface area contributed by atoms with Crippen molar-refractivity contribution < 1.29 is 0 Å². The Balaban J connectivity index is 1.61. The Hall–Kier alpha value is -4.35. The molecule has 0 fully saturated rings. The quantitative estimate of drug-likeness (QED) is 0.382. The Morgan fingerprint density at radius 2 is 1.66 bits per heavy atom. The summed E-state index contributed by atoms with van der Waals surface area (Å²) in [7, 11) is 7.87. The number of benzene rings is 2. The summed E-state index contributed by atoms with van der Waals surface area (Å²) >= 11 is 0. The number of aromatic nitrogens is 3. The topological polar surface area (TPSA) is 78.3 Å². The van der Waals surface area contributed by atoms with E-state index in [0.29, 0.717) is 28.2 Å². The Labute approximate surface area is 205 Å². The van der Waals surface area contributed by atoms with Crippen molar-refractivity contribution in [3.05, 3.63) is 76.7 Å². The number of terminal acetylenes is 1. The van der Waals surface area contributed by atoms with Crippen LogP contribution in [0.5, 0.6) is 0 Å². The molecule has 0 aliphatic carbocycles. The number of nitrogens with zero attached hydrogens (tertiary/aromatic N) is 5. The Morgan fingerprint density at radius 1 is 0.971 bits per heavy atom. The molecule has 8 nitrogen and oxygen atoms in total. The van der Waals surface area contributed by atoms with Crippen molar-refractivity contribution in [2.45, 2.75) is 0 Å². The second-order valence-electron chi connectivity index (χ2n) is 8.58. The Morgan fingerprint density at radius 3 is 2.31 bits per heavy atom. The molecule has 0 aliphatic heterocycles. The summed E-state index contributed by atoms with van der Waals surface area (Å²) in [5.41, 5.74) is 3.70. The van der Waals surface area contributed by atoms with Gasteiger partial charge in [0.15, 0.2) is 0 Å². The van der Waals surface area contributed by atoms with Gasteiger partial charge >= 0.3 is 0 Å². The molecule has 0 spiro atoms. The van der Waals surface area contributed by atoms with E-state index in [1.807, 2.05) is 54.6 Å². The van der Waals surface area contributed by atoms with Crippen molar-refractivity contribution in [3.8, 4) is 12.3 Å². The molecule has 2 N–H and O–H groups in total. The van der Waals surface area contributed by atoms with Crippen LogP contribution in [0, 0.1) is 12.3 Å². The van der Waals surface area contributed by atoms with Crippen LogP contribution in [0.2, 0.25) is 0 Å². The first-order valence-electron chi connectivity index (χ1n) is 11.3. The minimum absolute atomic E-state index is 0.260. The van der Waals surface area contributed by atoms with Gasteiger partial charge < -0.3 is 20.4 Å². The van der Waals surface area contributed by atoms with Crippen LogP contribution in [0.25, 0.3) is 11.0 Å². The van der Waals surface area contributed by atoms with Crippen LogP contribution < -0.4 is 21.1 Å². The molecule has 0 saturated carbocycles. The average Bonchev–Trinajstić information content (AvgIpc) is 2.87. The highest BCUT2D eigenvalue weighted by Gasteiger charge is 2.16. The van der Waals surface area contributed by atoms with Crippen LogP contribution in [0.15, 0.2) is 65.6 Å². The Kier molecular flexibility index (Phi) is 6.99. The molecule has 2 aromatic carbocycles. The maximum Gasteiger partial charge on any atom is 0.276 e. The lowest BCUT2D eigenvalue weighted by atomic mass is 10.1. The third-order valence-corrected chi connectivity index (χ3v) is 5.76. The molecule has 178 valence electrons. The molecule has 8 heteroatoms. The fourth-order valence-corrected chi connectivity index (χ4v) is 3.71. The van der Waals surface area contributed by atoms with Crippen molar-refractivity contribution >= 4 is 39.7 Å². The first-order chi connectivity index (χ1) is 16.9. The summed E-state index contributed by atoms with van der Waals surface area (Å²) in [4.78, 5) is 26.6. The molecule has 2 heterocycles. The molecule has 2 aromatic heterocycles. The third kappa shape index (κ3) is 5.26. The van der Waals surface area contributed by atoms with Crippen molar-refractivity contribution in [3.63, 3.8) is 0 Å². The van der Waals surface area contributed by atoms with Gasteiger partial charge in [0.25, 0.3) is 5.56 Å². The van der Waals surface area contributed by atoms with E-state index in [-0.39, 0.29) is 5.56 Å². The molecular weight excluding hydrogens is 438 g/mol. The summed E-state index contributed by atoms with van der Waals surface area (Å²) in [6, 6.07) is 17.5. The second-order valence-corrected chi connectivity index (χ2v) is 8.58. The van der Waals surface area contributed by atoms with Gasteiger partial charge in [-0.25, -0.2) is 4.98 Å². The van der Waals surface area contributed by atoms with E-state index in [0.717, 1.165) is 30.2 Å². The normalized spacial score (nSPS) is 10.9. The maximum absolute atomic E-state index is 13.1. The van der Waals surface area contributed by atoms with E-state index in [4.69, 9.17) is 6.42 Å². The summed E-state index contributed by atoms with van der Waals surface area (Å²) in [5.74, 6) is 3.03. The van der Waals surface area contributed by atoms with Crippen LogP contribution in [-0.2, 0) is 7.05 Å². The fourth-order valence-electron chi connectivity index (χ4n) is 3.71. The smallest absolute Gasteiger partial charge is 0.276 e. The monoisotopic (exact) mass is 467 g/mol. The van der Waals surface area contributed by atoms with Crippen LogP contribution >= 0.6 is 0 Å². The van der Waals surface area contributed by atoms with Gasteiger partial charge in [0.2, 0.25) is 5.95 Å². The van der Waals surface area contributed by atoms with Crippen molar-refractivity contribution in [2.24, 2.45) is 7.05 Å². The van der Waals surface area contributed by atoms with E-state index >= 15 is 0 Å². The maximum atomic E-state index is 13.1. The van der Waals surface area contributed by atoms with Gasteiger partial charge in [-0.3, -0.25) is 9.36 Å². The third-order valence-electron chi connectivity index (χ3n) is 5.76. The second kappa shape index (κ2) is 10.3. The molecule has 0 amide bonds. The molecule has 35 heavy (non-hydrogen) atoms.